The lowest BCUT2D eigenvalue weighted by molar-refractivity contribution is 0.417. The number of aryl methyl sites for hydroxylation is 2. The molecule has 0 aliphatic rings. The van der Waals surface area contributed by atoms with Crippen molar-refractivity contribution in [3.63, 3.8) is 0 Å². The molecule has 152 valence electrons. The third kappa shape index (κ3) is 5.22. The number of pyridine rings is 1. The van der Waals surface area contributed by atoms with E-state index in [1.54, 1.807) is 0 Å². The molecule has 0 radical (unpaired) electrons. The topological polar surface area (TPSA) is 68.8 Å². The molecule has 5 heteroatoms. The second-order valence-electron chi connectivity index (χ2n) is 8.84. The molecule has 3 N–H and O–H groups in total. The second-order valence-corrected chi connectivity index (χ2v) is 8.84. The van der Waals surface area contributed by atoms with Gasteiger partial charge >= 0.3 is 0 Å². The summed E-state index contributed by atoms with van der Waals surface area (Å²) in [5.74, 6) is 0.531. The lowest BCUT2D eigenvalue weighted by Gasteiger charge is -2.20. The number of rotatable bonds is 9. The molecule has 2 heterocycles. The number of fused-ring (bicyclic) bond motifs is 3. The van der Waals surface area contributed by atoms with Gasteiger partial charge in [-0.15, -0.1) is 0 Å². The van der Waals surface area contributed by atoms with E-state index in [0.717, 1.165) is 54.2 Å². The Balaban J connectivity index is 1.67. The number of hydrogen-bond donors (Lipinski definition) is 2. The van der Waals surface area contributed by atoms with Crippen molar-refractivity contribution in [3.05, 3.63) is 30.0 Å². The van der Waals surface area contributed by atoms with E-state index in [-0.39, 0.29) is 5.54 Å². The molecule has 0 amide bonds. The summed E-state index contributed by atoms with van der Waals surface area (Å²) in [5, 5.41) is 10.4. The zero-order chi connectivity index (χ0) is 20.1. The number of nitrogens with one attached hydrogen (secondary N) is 1. The summed E-state index contributed by atoms with van der Waals surface area (Å²) in [5.41, 5.74) is 9.55. The van der Waals surface area contributed by atoms with Gasteiger partial charge in [0.2, 0.25) is 0 Å². The SMILES string of the molecule is CCCCn1cc2c(n1)c(N)nc1cc(CCCCCNC(C)(C)C)ccc12. The molecule has 0 bridgehead atoms. The predicted octanol–water partition coefficient (Wildman–Crippen LogP) is 5.07. The van der Waals surface area contributed by atoms with Gasteiger partial charge in [-0.3, -0.25) is 4.68 Å². The normalized spacial score (nSPS) is 12.3. The van der Waals surface area contributed by atoms with Crippen LogP contribution >= 0.6 is 0 Å². The minimum absolute atomic E-state index is 0.208. The first-order valence-electron chi connectivity index (χ1n) is 10.7. The summed E-state index contributed by atoms with van der Waals surface area (Å²) in [6.07, 6.45) is 9.13. The lowest BCUT2D eigenvalue weighted by Crippen LogP contribution is -2.36. The Hall–Kier alpha value is -2.14. The largest absolute Gasteiger partial charge is 0.382 e. The van der Waals surface area contributed by atoms with E-state index in [9.17, 15) is 0 Å². The Morgan fingerprint density at radius 1 is 1.07 bits per heavy atom. The van der Waals surface area contributed by atoms with Crippen LogP contribution in [-0.4, -0.2) is 26.8 Å². The number of unbranched alkanes of at least 4 members (excludes halogenated alkanes) is 3. The third-order valence-corrected chi connectivity index (χ3v) is 5.14. The van der Waals surface area contributed by atoms with Crippen molar-refractivity contribution < 1.29 is 0 Å². The minimum Gasteiger partial charge on any atom is -0.382 e. The van der Waals surface area contributed by atoms with Crippen molar-refractivity contribution in [1.82, 2.24) is 20.1 Å². The van der Waals surface area contributed by atoms with Gasteiger partial charge in [0.25, 0.3) is 0 Å². The molecule has 3 rings (SSSR count). The average molecular weight is 382 g/mol. The maximum Gasteiger partial charge on any atom is 0.152 e. The lowest BCUT2D eigenvalue weighted by atomic mass is 10.0. The molecule has 28 heavy (non-hydrogen) atoms. The molecule has 0 saturated carbocycles. The maximum atomic E-state index is 6.21. The van der Waals surface area contributed by atoms with Gasteiger partial charge in [0.1, 0.15) is 5.52 Å². The number of nitrogen functional groups attached to an aromatic ring is 1. The molecule has 5 nitrogen and oxygen atoms in total. The Kier molecular flexibility index (Phi) is 6.55. The van der Waals surface area contributed by atoms with Crippen LogP contribution in [-0.2, 0) is 13.0 Å². The van der Waals surface area contributed by atoms with Crippen LogP contribution in [0.1, 0.15) is 65.4 Å². The Labute approximate surface area is 168 Å². The van der Waals surface area contributed by atoms with Crippen LogP contribution < -0.4 is 11.1 Å². The number of nitrogens with zero attached hydrogens (tertiary/aromatic N) is 3. The Morgan fingerprint density at radius 3 is 2.64 bits per heavy atom. The number of nitrogens with two attached hydrogens (primary N) is 1. The van der Waals surface area contributed by atoms with Gasteiger partial charge in [-0.25, -0.2) is 4.98 Å². The number of anilines is 1. The molecule has 3 aromatic rings. The molecule has 0 fully saturated rings. The van der Waals surface area contributed by atoms with Crippen LogP contribution in [0.15, 0.2) is 24.4 Å². The van der Waals surface area contributed by atoms with Crippen LogP contribution in [0.5, 0.6) is 0 Å². The second kappa shape index (κ2) is 8.91. The highest BCUT2D eigenvalue weighted by Gasteiger charge is 2.11. The highest BCUT2D eigenvalue weighted by Crippen LogP contribution is 2.28. The molecule has 0 unspecified atom stereocenters. The van der Waals surface area contributed by atoms with E-state index in [4.69, 9.17) is 5.73 Å². The van der Waals surface area contributed by atoms with Crippen molar-refractivity contribution in [2.24, 2.45) is 0 Å². The van der Waals surface area contributed by atoms with E-state index in [2.05, 4.69) is 67.5 Å². The van der Waals surface area contributed by atoms with Crippen LogP contribution in [0.4, 0.5) is 5.82 Å². The molecule has 0 spiro atoms. The maximum absolute atomic E-state index is 6.21. The van der Waals surface area contributed by atoms with Gasteiger partial charge in [-0.05, 0) is 64.6 Å². The Bertz CT molecular complexity index is 920. The number of hydrogen-bond acceptors (Lipinski definition) is 4. The van der Waals surface area contributed by atoms with E-state index in [1.807, 2.05) is 4.68 Å². The highest BCUT2D eigenvalue weighted by atomic mass is 15.3. The summed E-state index contributed by atoms with van der Waals surface area (Å²) in [6, 6.07) is 6.62. The first-order valence-corrected chi connectivity index (χ1v) is 10.7. The highest BCUT2D eigenvalue weighted by molar-refractivity contribution is 6.07. The van der Waals surface area contributed by atoms with Crippen molar-refractivity contribution in [1.29, 1.82) is 0 Å². The molecule has 2 aromatic heterocycles. The molecule has 0 aliphatic carbocycles. The molecule has 0 saturated heterocycles. The summed E-state index contributed by atoms with van der Waals surface area (Å²) < 4.78 is 2.01. The minimum atomic E-state index is 0.208. The smallest absolute Gasteiger partial charge is 0.152 e. The first kappa shape index (κ1) is 20.6. The van der Waals surface area contributed by atoms with Gasteiger partial charge < -0.3 is 11.1 Å². The molecule has 0 atom stereocenters. The average Bonchev–Trinajstić information content (AvgIpc) is 3.07. The standard InChI is InChI=1S/C23H35N5/c1-5-6-14-28-16-19-18-12-11-17(10-8-7-9-13-25-23(2,3)4)15-20(18)26-22(24)21(19)27-28/h11-12,15-16,25H,5-10,13-14H2,1-4H3,(H2,24,26). The molecular weight excluding hydrogens is 346 g/mol. The van der Waals surface area contributed by atoms with Crippen LogP contribution in [0.3, 0.4) is 0 Å². The summed E-state index contributed by atoms with van der Waals surface area (Å²) in [7, 11) is 0. The van der Waals surface area contributed by atoms with Crippen molar-refractivity contribution in [2.75, 3.05) is 12.3 Å². The summed E-state index contributed by atoms with van der Waals surface area (Å²) >= 11 is 0. The third-order valence-electron chi connectivity index (χ3n) is 5.14. The Morgan fingerprint density at radius 2 is 1.89 bits per heavy atom. The summed E-state index contributed by atoms with van der Waals surface area (Å²) in [6.45, 7) is 10.8. The van der Waals surface area contributed by atoms with E-state index in [1.165, 1.54) is 24.8 Å². The molecule has 1 aromatic carbocycles. The van der Waals surface area contributed by atoms with Gasteiger partial charge in [0, 0.05) is 29.1 Å². The fourth-order valence-electron chi connectivity index (χ4n) is 3.57. The van der Waals surface area contributed by atoms with Crippen LogP contribution in [0, 0.1) is 0 Å². The van der Waals surface area contributed by atoms with E-state index < -0.39 is 0 Å². The van der Waals surface area contributed by atoms with Crippen molar-refractivity contribution in [2.45, 2.75) is 78.3 Å². The van der Waals surface area contributed by atoms with Gasteiger partial charge in [-0.2, -0.15) is 5.10 Å². The number of aromatic nitrogens is 3. The number of benzene rings is 1. The van der Waals surface area contributed by atoms with E-state index >= 15 is 0 Å². The monoisotopic (exact) mass is 381 g/mol. The molecule has 0 aliphatic heterocycles. The van der Waals surface area contributed by atoms with Crippen LogP contribution in [0.25, 0.3) is 21.8 Å². The van der Waals surface area contributed by atoms with Crippen molar-refractivity contribution >= 4 is 27.6 Å². The summed E-state index contributed by atoms with van der Waals surface area (Å²) in [4.78, 5) is 4.63. The fourth-order valence-corrected chi connectivity index (χ4v) is 3.57. The van der Waals surface area contributed by atoms with Crippen molar-refractivity contribution in [3.8, 4) is 0 Å². The van der Waals surface area contributed by atoms with Crippen LogP contribution in [0.2, 0.25) is 0 Å². The predicted molar refractivity (Wildman–Crippen MR) is 120 cm³/mol. The van der Waals surface area contributed by atoms with Gasteiger partial charge in [-0.1, -0.05) is 31.9 Å². The molecular formula is C23H35N5. The zero-order valence-corrected chi connectivity index (χ0v) is 17.9. The van der Waals surface area contributed by atoms with Gasteiger partial charge in [0.05, 0.1) is 5.52 Å². The quantitative estimate of drug-likeness (QED) is 0.508. The van der Waals surface area contributed by atoms with E-state index in [0.29, 0.717) is 5.82 Å². The zero-order valence-electron chi connectivity index (χ0n) is 17.9. The fraction of sp³-hybridized carbons (Fsp3) is 0.565. The first-order chi connectivity index (χ1) is 13.4. The van der Waals surface area contributed by atoms with Gasteiger partial charge in [0.15, 0.2) is 5.82 Å².